The smallest absolute Gasteiger partial charge is 0.337 e. The van der Waals surface area contributed by atoms with Crippen LogP contribution in [0.2, 0.25) is 5.02 Å². The van der Waals surface area contributed by atoms with Crippen LogP contribution in [0.15, 0.2) is 23.0 Å². The molecule has 0 spiro atoms. The van der Waals surface area contributed by atoms with Gasteiger partial charge in [0.2, 0.25) is 0 Å². The van der Waals surface area contributed by atoms with Crippen molar-refractivity contribution in [3.05, 3.63) is 56.0 Å². The van der Waals surface area contributed by atoms with Crippen molar-refractivity contribution in [3.63, 3.8) is 0 Å². The summed E-state index contributed by atoms with van der Waals surface area (Å²) in [6, 6.07) is 4.02. The molecular weight excluding hydrogens is 334 g/mol. The third kappa shape index (κ3) is 3.46. The Hall–Kier alpha value is -2.67. The molecule has 1 aromatic heterocycles. The quantitative estimate of drug-likeness (QED) is 0.767. The highest BCUT2D eigenvalue weighted by Crippen LogP contribution is 2.22. The molecule has 7 nitrogen and oxygen atoms in total. The van der Waals surface area contributed by atoms with E-state index in [9.17, 15) is 14.4 Å². The number of nitrogens with one attached hydrogen (secondary N) is 2. The Bertz CT molecular complexity index is 861. The van der Waals surface area contributed by atoms with Crippen molar-refractivity contribution in [2.45, 2.75) is 26.7 Å². The lowest BCUT2D eigenvalue weighted by Gasteiger charge is -2.11. The summed E-state index contributed by atoms with van der Waals surface area (Å²) in [7, 11) is 0. The van der Waals surface area contributed by atoms with Gasteiger partial charge < -0.3 is 10.4 Å². The Morgan fingerprint density at radius 3 is 2.54 bits per heavy atom. The number of nitrogens with zero attached hydrogens (tertiary/aromatic N) is 1. The Labute approximate surface area is 142 Å². The molecular formula is C16H16ClN3O4. The topological polar surface area (TPSA) is 112 Å². The Morgan fingerprint density at radius 2 is 2.00 bits per heavy atom. The number of H-pyrrole nitrogens is 1. The van der Waals surface area contributed by atoms with Crippen LogP contribution in [0.4, 0.5) is 5.69 Å². The van der Waals surface area contributed by atoms with Crippen LogP contribution in [0.3, 0.4) is 0 Å². The lowest BCUT2D eigenvalue weighted by atomic mass is 10.0. The van der Waals surface area contributed by atoms with Gasteiger partial charge in [-0.15, -0.1) is 0 Å². The predicted molar refractivity (Wildman–Crippen MR) is 90.0 cm³/mol. The number of carboxylic acids is 1. The van der Waals surface area contributed by atoms with Crippen molar-refractivity contribution in [1.29, 1.82) is 0 Å². The Morgan fingerprint density at radius 1 is 1.29 bits per heavy atom. The number of hydrogen-bond acceptors (Lipinski definition) is 4. The summed E-state index contributed by atoms with van der Waals surface area (Å²) in [4.78, 5) is 35.5. The van der Waals surface area contributed by atoms with Crippen LogP contribution in [-0.2, 0) is 12.8 Å². The molecule has 2 aromatic rings. The standard InChI is InChI=1S/C16H16ClN3O4/c1-3-9-12(4-2)19-20-15(22)13(9)14(21)18-8-5-6-10(16(23)24)11(17)7-8/h5-7H,3-4H2,1-2H3,(H,18,21)(H,20,22)(H,23,24). The fourth-order valence-electron chi connectivity index (χ4n) is 2.40. The summed E-state index contributed by atoms with van der Waals surface area (Å²) >= 11 is 5.88. The van der Waals surface area contributed by atoms with Gasteiger partial charge in [0.15, 0.2) is 0 Å². The lowest BCUT2D eigenvalue weighted by Crippen LogP contribution is -2.27. The molecule has 0 radical (unpaired) electrons. The summed E-state index contributed by atoms with van der Waals surface area (Å²) in [5.74, 6) is -1.76. The van der Waals surface area contributed by atoms with Gasteiger partial charge in [-0.25, -0.2) is 9.89 Å². The number of rotatable bonds is 5. The van der Waals surface area contributed by atoms with Gasteiger partial charge in [0.25, 0.3) is 11.5 Å². The molecule has 0 unspecified atom stereocenters. The van der Waals surface area contributed by atoms with Crippen LogP contribution < -0.4 is 10.9 Å². The van der Waals surface area contributed by atoms with Crippen LogP contribution in [0, 0.1) is 0 Å². The third-order valence-electron chi connectivity index (χ3n) is 3.54. The minimum atomic E-state index is -1.16. The maximum absolute atomic E-state index is 12.5. The molecule has 1 amide bonds. The number of halogens is 1. The first kappa shape index (κ1) is 17.7. The molecule has 1 aromatic carbocycles. The van der Waals surface area contributed by atoms with Gasteiger partial charge in [0.05, 0.1) is 16.3 Å². The van der Waals surface area contributed by atoms with Gasteiger partial charge in [-0.1, -0.05) is 25.4 Å². The molecule has 3 N–H and O–H groups in total. The number of amides is 1. The van der Waals surface area contributed by atoms with E-state index in [0.717, 1.165) is 0 Å². The van der Waals surface area contributed by atoms with E-state index in [1.54, 1.807) is 0 Å². The molecule has 126 valence electrons. The van der Waals surface area contributed by atoms with Gasteiger partial charge in [0.1, 0.15) is 5.56 Å². The van der Waals surface area contributed by atoms with E-state index in [4.69, 9.17) is 16.7 Å². The van der Waals surface area contributed by atoms with Crippen LogP contribution in [0.5, 0.6) is 0 Å². The second kappa shape index (κ2) is 7.27. The first-order chi connectivity index (χ1) is 11.4. The fourth-order valence-corrected chi connectivity index (χ4v) is 2.66. The van der Waals surface area contributed by atoms with Crippen molar-refractivity contribution < 1.29 is 14.7 Å². The minimum Gasteiger partial charge on any atom is -0.478 e. The normalized spacial score (nSPS) is 10.5. The maximum Gasteiger partial charge on any atom is 0.337 e. The molecule has 0 aliphatic heterocycles. The number of carbonyl (C=O) groups is 2. The summed E-state index contributed by atoms with van der Waals surface area (Å²) in [6.45, 7) is 3.72. The van der Waals surface area contributed by atoms with Crippen molar-refractivity contribution in [1.82, 2.24) is 10.2 Å². The first-order valence-corrected chi connectivity index (χ1v) is 7.71. The van der Waals surface area contributed by atoms with E-state index in [-0.39, 0.29) is 16.1 Å². The summed E-state index contributed by atoms with van der Waals surface area (Å²) in [6.07, 6.45) is 1.07. The highest BCUT2D eigenvalue weighted by atomic mass is 35.5. The predicted octanol–water partition coefficient (Wildman–Crippen LogP) is 2.50. The molecule has 0 saturated carbocycles. The Kier molecular flexibility index (Phi) is 5.35. The SMILES string of the molecule is CCc1n[nH]c(=O)c(C(=O)Nc2ccc(C(=O)O)c(Cl)c2)c1CC. The van der Waals surface area contributed by atoms with E-state index in [0.29, 0.717) is 29.8 Å². The molecule has 0 aliphatic rings. The highest BCUT2D eigenvalue weighted by Gasteiger charge is 2.19. The minimum absolute atomic E-state index is 0.00258. The molecule has 0 atom stereocenters. The van der Waals surface area contributed by atoms with E-state index in [2.05, 4.69) is 15.5 Å². The van der Waals surface area contributed by atoms with Crippen molar-refractivity contribution >= 4 is 29.2 Å². The van der Waals surface area contributed by atoms with E-state index in [1.807, 2.05) is 13.8 Å². The first-order valence-electron chi connectivity index (χ1n) is 7.33. The average molecular weight is 350 g/mol. The van der Waals surface area contributed by atoms with Gasteiger partial charge in [-0.3, -0.25) is 9.59 Å². The monoisotopic (exact) mass is 349 g/mol. The molecule has 0 fully saturated rings. The average Bonchev–Trinajstić information content (AvgIpc) is 2.53. The number of aryl methyl sites for hydroxylation is 1. The second-order valence-electron chi connectivity index (χ2n) is 5.01. The van der Waals surface area contributed by atoms with Gasteiger partial charge in [-0.05, 0) is 36.6 Å². The zero-order chi connectivity index (χ0) is 17.9. The fraction of sp³-hybridized carbons (Fsp3) is 0.250. The number of benzene rings is 1. The number of aromatic nitrogens is 2. The number of aromatic carboxylic acids is 1. The highest BCUT2D eigenvalue weighted by molar-refractivity contribution is 6.33. The lowest BCUT2D eigenvalue weighted by molar-refractivity contribution is 0.0697. The molecule has 0 saturated heterocycles. The number of hydrogen-bond donors (Lipinski definition) is 3. The number of carboxylic acid groups (broad SMARTS) is 1. The largest absolute Gasteiger partial charge is 0.478 e. The Balaban J connectivity index is 2.39. The van der Waals surface area contributed by atoms with Crippen LogP contribution >= 0.6 is 11.6 Å². The number of carbonyl (C=O) groups excluding carboxylic acids is 1. The van der Waals surface area contributed by atoms with Gasteiger partial charge in [-0.2, -0.15) is 5.10 Å². The van der Waals surface area contributed by atoms with Crippen LogP contribution in [0.1, 0.15) is 45.8 Å². The number of anilines is 1. The van der Waals surface area contributed by atoms with Crippen LogP contribution in [0.25, 0.3) is 0 Å². The summed E-state index contributed by atoms with van der Waals surface area (Å²) < 4.78 is 0. The maximum atomic E-state index is 12.5. The van der Waals surface area contributed by atoms with Crippen molar-refractivity contribution in [2.24, 2.45) is 0 Å². The van der Waals surface area contributed by atoms with Crippen LogP contribution in [-0.4, -0.2) is 27.2 Å². The van der Waals surface area contributed by atoms with Crippen molar-refractivity contribution in [3.8, 4) is 0 Å². The molecule has 0 aliphatic carbocycles. The van der Waals surface area contributed by atoms with E-state index < -0.39 is 17.4 Å². The summed E-state index contributed by atoms with van der Waals surface area (Å²) in [5.41, 5.74) is 0.899. The van der Waals surface area contributed by atoms with E-state index in [1.165, 1.54) is 18.2 Å². The van der Waals surface area contributed by atoms with Gasteiger partial charge in [0, 0.05) is 5.69 Å². The van der Waals surface area contributed by atoms with E-state index >= 15 is 0 Å². The van der Waals surface area contributed by atoms with Crippen molar-refractivity contribution in [2.75, 3.05) is 5.32 Å². The second-order valence-corrected chi connectivity index (χ2v) is 5.42. The molecule has 2 rings (SSSR count). The molecule has 24 heavy (non-hydrogen) atoms. The molecule has 1 heterocycles. The number of aromatic amines is 1. The summed E-state index contributed by atoms with van der Waals surface area (Å²) in [5, 5.41) is 17.8. The third-order valence-corrected chi connectivity index (χ3v) is 3.86. The zero-order valence-corrected chi connectivity index (χ0v) is 13.9. The van der Waals surface area contributed by atoms with Gasteiger partial charge >= 0.3 is 5.97 Å². The zero-order valence-electron chi connectivity index (χ0n) is 13.1. The molecule has 0 bridgehead atoms. The molecule has 8 heteroatoms.